The van der Waals surface area contributed by atoms with Gasteiger partial charge in [0.15, 0.2) is 0 Å². The Bertz CT molecular complexity index is 798. The van der Waals surface area contributed by atoms with Crippen LogP contribution in [0.3, 0.4) is 0 Å². The van der Waals surface area contributed by atoms with Gasteiger partial charge < -0.3 is 28.4 Å². The number of benzene rings is 1. The van der Waals surface area contributed by atoms with Crippen LogP contribution in [0.2, 0.25) is 0 Å². The zero-order valence-corrected chi connectivity index (χ0v) is 23.4. The molecule has 1 aliphatic rings. The van der Waals surface area contributed by atoms with E-state index < -0.39 is 0 Å². The molecule has 2 rings (SSSR count). The van der Waals surface area contributed by atoms with E-state index in [9.17, 15) is 14.4 Å². The van der Waals surface area contributed by atoms with E-state index in [2.05, 4.69) is 6.92 Å². The summed E-state index contributed by atoms with van der Waals surface area (Å²) >= 11 is 0. The Labute approximate surface area is 232 Å². The fraction of sp³-hybridized carbons (Fsp3) is 0.690. The van der Waals surface area contributed by atoms with Gasteiger partial charge in [0.1, 0.15) is 6.61 Å². The monoisotopic (exact) mass is 551 g/mol. The number of hydrogen-bond donors (Lipinski definition) is 0. The number of hydrogen-bond acceptors (Lipinski definition) is 9. The summed E-state index contributed by atoms with van der Waals surface area (Å²) in [5, 5.41) is 0. The maximum atomic E-state index is 12.3. The Morgan fingerprint density at radius 2 is 1.05 bits per heavy atom. The molecule has 10 heteroatoms. The molecular formula is C29H45NO9. The number of unbranched alkanes of at least 4 members (excludes halogenated alkanes) is 5. The second-order valence-electron chi connectivity index (χ2n) is 9.11. The van der Waals surface area contributed by atoms with E-state index in [1.54, 1.807) is 24.3 Å². The lowest BCUT2D eigenvalue weighted by molar-refractivity contribution is -0.145. The van der Waals surface area contributed by atoms with Crippen LogP contribution < -0.4 is 0 Å². The number of fused-ring (bicyclic) bond motifs is 1. The van der Waals surface area contributed by atoms with Gasteiger partial charge in [0.25, 0.3) is 11.8 Å². The van der Waals surface area contributed by atoms with Crippen molar-refractivity contribution in [3.8, 4) is 0 Å². The number of esters is 1. The summed E-state index contributed by atoms with van der Waals surface area (Å²) in [6.45, 7) is 6.74. The van der Waals surface area contributed by atoms with Crippen LogP contribution in [-0.2, 0) is 33.2 Å². The van der Waals surface area contributed by atoms with Crippen LogP contribution >= 0.6 is 0 Å². The molecule has 2 amide bonds. The third-order valence-electron chi connectivity index (χ3n) is 6.05. The maximum absolute atomic E-state index is 12.3. The lowest BCUT2D eigenvalue weighted by atomic mass is 10.1. The highest BCUT2D eigenvalue weighted by atomic mass is 16.6. The smallest absolute Gasteiger partial charge is 0.305 e. The maximum Gasteiger partial charge on any atom is 0.305 e. The van der Waals surface area contributed by atoms with Crippen molar-refractivity contribution in [2.75, 3.05) is 79.2 Å². The third kappa shape index (κ3) is 14.0. The average molecular weight is 552 g/mol. The second-order valence-corrected chi connectivity index (χ2v) is 9.11. The van der Waals surface area contributed by atoms with Gasteiger partial charge in [0.2, 0.25) is 0 Å². The SMILES string of the molecule is CCCCCCCCC(=O)OCCOCCOCCOCCOCCOCCN1C(=O)c2ccccc2C1=O. The molecule has 1 aliphatic heterocycles. The van der Waals surface area contributed by atoms with E-state index >= 15 is 0 Å². The lowest BCUT2D eigenvalue weighted by Gasteiger charge is -2.13. The fourth-order valence-corrected chi connectivity index (χ4v) is 3.92. The average Bonchev–Trinajstić information content (AvgIpc) is 3.19. The van der Waals surface area contributed by atoms with Gasteiger partial charge in [-0.2, -0.15) is 0 Å². The number of carbonyl (C=O) groups excluding carboxylic acids is 3. The highest BCUT2D eigenvalue weighted by Gasteiger charge is 2.34. The van der Waals surface area contributed by atoms with Crippen LogP contribution in [0, 0.1) is 0 Å². The summed E-state index contributed by atoms with van der Waals surface area (Å²) in [6, 6.07) is 6.81. The second kappa shape index (κ2) is 21.5. The molecule has 0 aromatic heterocycles. The molecule has 10 nitrogen and oxygen atoms in total. The molecule has 0 radical (unpaired) electrons. The predicted molar refractivity (Wildman–Crippen MR) is 145 cm³/mol. The van der Waals surface area contributed by atoms with Gasteiger partial charge in [-0.3, -0.25) is 19.3 Å². The van der Waals surface area contributed by atoms with Crippen LogP contribution in [0.25, 0.3) is 0 Å². The molecule has 0 saturated heterocycles. The van der Waals surface area contributed by atoms with Crippen molar-refractivity contribution in [3.05, 3.63) is 35.4 Å². The van der Waals surface area contributed by atoms with Crippen LogP contribution in [0.15, 0.2) is 24.3 Å². The van der Waals surface area contributed by atoms with E-state index in [1.807, 2.05) is 0 Å². The van der Waals surface area contributed by atoms with Gasteiger partial charge >= 0.3 is 5.97 Å². The largest absolute Gasteiger partial charge is 0.463 e. The number of ether oxygens (including phenoxy) is 6. The molecule has 0 N–H and O–H groups in total. The number of nitrogens with zero attached hydrogens (tertiary/aromatic N) is 1. The Hall–Kier alpha value is -2.37. The van der Waals surface area contributed by atoms with Crippen LogP contribution in [0.1, 0.15) is 72.6 Å². The topological polar surface area (TPSA) is 110 Å². The zero-order valence-electron chi connectivity index (χ0n) is 23.4. The minimum absolute atomic E-state index is 0.154. The molecule has 0 unspecified atom stereocenters. The Balaban J connectivity index is 1.26. The standard InChI is InChI=1S/C29H45NO9/c1-2-3-4-5-6-7-12-27(31)39-24-23-38-22-21-37-20-19-36-18-17-35-16-15-34-14-13-30-28(32)25-10-8-9-11-26(25)29(30)33/h8-11H,2-7,12-24H2,1H3. The first-order valence-electron chi connectivity index (χ1n) is 14.1. The summed E-state index contributed by atoms with van der Waals surface area (Å²) in [4.78, 5) is 37.4. The van der Waals surface area contributed by atoms with Crippen LogP contribution in [0.5, 0.6) is 0 Å². The summed E-state index contributed by atoms with van der Waals surface area (Å²) in [7, 11) is 0. The molecule has 0 fully saturated rings. The normalized spacial score (nSPS) is 12.8. The first-order valence-corrected chi connectivity index (χ1v) is 14.1. The van der Waals surface area contributed by atoms with Gasteiger partial charge in [-0.1, -0.05) is 51.2 Å². The molecule has 0 saturated carbocycles. The molecule has 0 bridgehead atoms. The van der Waals surface area contributed by atoms with Crippen molar-refractivity contribution in [1.82, 2.24) is 4.90 Å². The van der Waals surface area contributed by atoms with Gasteiger partial charge in [0.05, 0.1) is 83.7 Å². The van der Waals surface area contributed by atoms with Crippen molar-refractivity contribution >= 4 is 17.8 Å². The van der Waals surface area contributed by atoms with E-state index in [-0.39, 0.29) is 37.5 Å². The quantitative estimate of drug-likeness (QED) is 0.102. The highest BCUT2D eigenvalue weighted by Crippen LogP contribution is 2.21. The summed E-state index contributed by atoms with van der Waals surface area (Å²) < 4.78 is 32.3. The number of rotatable bonds is 25. The zero-order chi connectivity index (χ0) is 28.0. The Morgan fingerprint density at radius 1 is 0.615 bits per heavy atom. The van der Waals surface area contributed by atoms with Crippen molar-refractivity contribution in [2.45, 2.75) is 51.9 Å². The molecule has 0 aliphatic carbocycles. The summed E-state index contributed by atoms with van der Waals surface area (Å²) in [5.41, 5.74) is 0.885. The van der Waals surface area contributed by atoms with Crippen LogP contribution in [0.4, 0.5) is 0 Å². The van der Waals surface area contributed by atoms with Crippen molar-refractivity contribution < 1.29 is 42.8 Å². The fourth-order valence-electron chi connectivity index (χ4n) is 3.92. The van der Waals surface area contributed by atoms with Crippen molar-refractivity contribution in [3.63, 3.8) is 0 Å². The minimum atomic E-state index is -0.277. The first-order chi connectivity index (χ1) is 19.1. The summed E-state index contributed by atoms with van der Waals surface area (Å²) in [6.07, 6.45) is 7.37. The molecule has 1 heterocycles. The predicted octanol–water partition coefficient (Wildman–Crippen LogP) is 3.66. The first kappa shape index (κ1) is 32.8. The molecule has 1 aromatic rings. The van der Waals surface area contributed by atoms with E-state index in [4.69, 9.17) is 28.4 Å². The Kier molecular flexibility index (Phi) is 18.1. The van der Waals surface area contributed by atoms with Crippen molar-refractivity contribution in [2.24, 2.45) is 0 Å². The molecule has 0 spiro atoms. The minimum Gasteiger partial charge on any atom is -0.463 e. The highest BCUT2D eigenvalue weighted by molar-refractivity contribution is 6.21. The van der Waals surface area contributed by atoms with Gasteiger partial charge in [-0.05, 0) is 18.6 Å². The van der Waals surface area contributed by atoms with Gasteiger partial charge in [0, 0.05) is 6.42 Å². The molecule has 0 atom stereocenters. The molecular weight excluding hydrogens is 506 g/mol. The number of imide groups is 1. The van der Waals surface area contributed by atoms with E-state index in [0.29, 0.717) is 77.0 Å². The number of carbonyl (C=O) groups is 3. The van der Waals surface area contributed by atoms with Crippen LogP contribution in [-0.4, -0.2) is 102 Å². The molecule has 39 heavy (non-hydrogen) atoms. The lowest BCUT2D eigenvalue weighted by Crippen LogP contribution is -2.33. The molecule has 1 aromatic carbocycles. The van der Waals surface area contributed by atoms with Gasteiger partial charge in [-0.25, -0.2) is 0 Å². The molecule has 220 valence electrons. The van der Waals surface area contributed by atoms with E-state index in [1.165, 1.54) is 30.6 Å². The van der Waals surface area contributed by atoms with Crippen molar-refractivity contribution in [1.29, 1.82) is 0 Å². The number of amides is 2. The summed E-state index contributed by atoms with van der Waals surface area (Å²) in [5.74, 6) is -0.708. The Morgan fingerprint density at radius 3 is 1.56 bits per heavy atom. The third-order valence-corrected chi connectivity index (χ3v) is 6.05. The van der Waals surface area contributed by atoms with E-state index in [0.717, 1.165) is 12.8 Å². The van der Waals surface area contributed by atoms with Gasteiger partial charge in [-0.15, -0.1) is 0 Å².